The molecule has 2 atom stereocenters. The van der Waals surface area contributed by atoms with Crippen molar-refractivity contribution in [3.05, 3.63) is 34.9 Å². The molecule has 1 aromatic rings. The van der Waals surface area contributed by atoms with E-state index >= 15 is 0 Å². The molecule has 0 saturated carbocycles. The van der Waals surface area contributed by atoms with Crippen LogP contribution in [0.15, 0.2) is 24.3 Å². The van der Waals surface area contributed by atoms with Crippen LogP contribution in [0.5, 0.6) is 0 Å². The molecule has 1 rings (SSSR count). The van der Waals surface area contributed by atoms with Crippen LogP contribution in [0.25, 0.3) is 0 Å². The molecule has 0 fully saturated rings. The Labute approximate surface area is 133 Å². The van der Waals surface area contributed by atoms with E-state index in [2.05, 4.69) is 24.1 Å². The molecular formula is C17H27ClN2O. The zero-order chi connectivity index (χ0) is 15.8. The van der Waals surface area contributed by atoms with Gasteiger partial charge in [-0.15, -0.1) is 0 Å². The summed E-state index contributed by atoms with van der Waals surface area (Å²) in [6.45, 7) is 4.85. The third-order valence-electron chi connectivity index (χ3n) is 3.70. The first kappa shape index (κ1) is 18.0. The first-order chi connectivity index (χ1) is 9.95. The number of hydrogen-bond acceptors (Lipinski definition) is 2. The monoisotopic (exact) mass is 310 g/mol. The number of carbonyl (C=O) groups is 1. The van der Waals surface area contributed by atoms with E-state index in [9.17, 15) is 4.79 Å². The molecule has 1 N–H and O–H groups in total. The maximum Gasteiger partial charge on any atom is 0.220 e. The van der Waals surface area contributed by atoms with E-state index in [1.54, 1.807) is 0 Å². The topological polar surface area (TPSA) is 32.3 Å². The van der Waals surface area contributed by atoms with E-state index < -0.39 is 0 Å². The number of rotatable bonds is 8. The average molecular weight is 311 g/mol. The minimum absolute atomic E-state index is 0.0872. The maximum atomic E-state index is 12.0. The highest BCUT2D eigenvalue weighted by atomic mass is 35.5. The average Bonchev–Trinajstić information content (AvgIpc) is 2.40. The van der Waals surface area contributed by atoms with Crippen LogP contribution in [0.2, 0.25) is 5.02 Å². The highest BCUT2D eigenvalue weighted by Gasteiger charge is 2.18. The quantitative estimate of drug-likeness (QED) is 0.790. The van der Waals surface area contributed by atoms with Crippen molar-refractivity contribution in [1.29, 1.82) is 0 Å². The van der Waals surface area contributed by atoms with E-state index in [4.69, 9.17) is 11.6 Å². The van der Waals surface area contributed by atoms with Crippen molar-refractivity contribution >= 4 is 17.5 Å². The Morgan fingerprint density at radius 2 is 2.00 bits per heavy atom. The van der Waals surface area contributed by atoms with E-state index in [0.717, 1.165) is 23.4 Å². The highest BCUT2D eigenvalue weighted by molar-refractivity contribution is 6.31. The molecule has 3 nitrogen and oxygen atoms in total. The first-order valence-electron chi connectivity index (χ1n) is 7.63. The molecule has 4 heteroatoms. The van der Waals surface area contributed by atoms with Crippen LogP contribution in [0.1, 0.15) is 44.7 Å². The molecule has 0 aromatic heterocycles. The number of halogens is 1. The van der Waals surface area contributed by atoms with Gasteiger partial charge in [-0.25, -0.2) is 0 Å². The molecule has 2 unspecified atom stereocenters. The van der Waals surface area contributed by atoms with Crippen LogP contribution in [-0.4, -0.2) is 31.4 Å². The summed E-state index contributed by atoms with van der Waals surface area (Å²) in [7, 11) is 4.00. The molecule has 1 amide bonds. The number of nitrogens with one attached hydrogen (secondary N) is 1. The lowest BCUT2D eigenvalue weighted by Gasteiger charge is -2.26. The van der Waals surface area contributed by atoms with Gasteiger partial charge in [-0.05, 0) is 31.6 Å². The first-order valence-corrected chi connectivity index (χ1v) is 8.01. The third kappa shape index (κ3) is 6.06. The van der Waals surface area contributed by atoms with Gasteiger partial charge in [0.1, 0.15) is 0 Å². The van der Waals surface area contributed by atoms with E-state index in [-0.39, 0.29) is 11.9 Å². The summed E-state index contributed by atoms with van der Waals surface area (Å²) in [6, 6.07) is 7.88. The van der Waals surface area contributed by atoms with Gasteiger partial charge in [0, 0.05) is 18.0 Å². The van der Waals surface area contributed by atoms with Crippen molar-refractivity contribution in [2.75, 3.05) is 20.6 Å². The Kier molecular flexibility index (Phi) is 7.76. The van der Waals surface area contributed by atoms with Crippen molar-refractivity contribution in [3.8, 4) is 0 Å². The SMILES string of the molecule is CCCC(C)CC(=O)NCC(c1ccccc1Cl)N(C)C. The molecular weight excluding hydrogens is 284 g/mol. The van der Waals surface area contributed by atoms with E-state index in [0.29, 0.717) is 18.9 Å². The highest BCUT2D eigenvalue weighted by Crippen LogP contribution is 2.25. The van der Waals surface area contributed by atoms with Gasteiger partial charge < -0.3 is 10.2 Å². The van der Waals surface area contributed by atoms with Crippen LogP contribution in [0, 0.1) is 5.92 Å². The molecule has 0 aliphatic heterocycles. The van der Waals surface area contributed by atoms with Crippen LogP contribution >= 0.6 is 11.6 Å². The largest absolute Gasteiger partial charge is 0.354 e. The zero-order valence-electron chi connectivity index (χ0n) is 13.5. The van der Waals surface area contributed by atoms with Crippen molar-refractivity contribution in [1.82, 2.24) is 10.2 Å². The molecule has 0 heterocycles. The fraction of sp³-hybridized carbons (Fsp3) is 0.588. The Morgan fingerprint density at radius 3 is 2.57 bits per heavy atom. The standard InChI is InChI=1S/C17H27ClN2O/c1-5-8-13(2)11-17(21)19-12-16(20(3)4)14-9-6-7-10-15(14)18/h6-7,9-10,13,16H,5,8,11-12H2,1-4H3,(H,19,21). The summed E-state index contributed by atoms with van der Waals surface area (Å²) < 4.78 is 0. The summed E-state index contributed by atoms with van der Waals surface area (Å²) in [6.07, 6.45) is 2.81. The molecule has 0 aliphatic carbocycles. The van der Waals surface area contributed by atoms with E-state index in [1.807, 2.05) is 38.4 Å². The lowest BCUT2D eigenvalue weighted by atomic mass is 10.0. The van der Waals surface area contributed by atoms with Gasteiger partial charge in [0.2, 0.25) is 5.91 Å². The second-order valence-corrected chi connectivity index (χ2v) is 6.31. The van der Waals surface area contributed by atoms with Gasteiger partial charge in [-0.2, -0.15) is 0 Å². The number of likely N-dealkylation sites (N-methyl/N-ethyl adjacent to an activating group) is 1. The summed E-state index contributed by atoms with van der Waals surface area (Å²) in [5, 5.41) is 3.78. The van der Waals surface area contributed by atoms with Crippen LogP contribution in [0.3, 0.4) is 0 Å². The predicted molar refractivity (Wildman–Crippen MR) is 89.6 cm³/mol. The summed E-state index contributed by atoms with van der Waals surface area (Å²) in [4.78, 5) is 14.1. The zero-order valence-corrected chi connectivity index (χ0v) is 14.3. The molecule has 0 saturated heterocycles. The van der Waals surface area contributed by atoms with Crippen molar-refractivity contribution in [3.63, 3.8) is 0 Å². The normalized spacial score (nSPS) is 14.0. The third-order valence-corrected chi connectivity index (χ3v) is 4.04. The molecule has 1 aromatic carbocycles. The Hall–Kier alpha value is -1.06. The molecule has 0 spiro atoms. The number of benzene rings is 1. The minimum Gasteiger partial charge on any atom is -0.354 e. The molecule has 0 radical (unpaired) electrons. The molecule has 21 heavy (non-hydrogen) atoms. The number of carbonyl (C=O) groups excluding carboxylic acids is 1. The molecule has 118 valence electrons. The van der Waals surface area contributed by atoms with Gasteiger partial charge in [-0.3, -0.25) is 4.79 Å². The fourth-order valence-electron chi connectivity index (χ4n) is 2.51. The van der Waals surface area contributed by atoms with Crippen LogP contribution in [-0.2, 0) is 4.79 Å². The summed E-state index contributed by atoms with van der Waals surface area (Å²) in [5.41, 5.74) is 1.05. The van der Waals surface area contributed by atoms with Gasteiger partial charge in [-0.1, -0.05) is 56.5 Å². The lowest BCUT2D eigenvalue weighted by Crippen LogP contribution is -2.35. The summed E-state index contributed by atoms with van der Waals surface area (Å²) >= 11 is 6.26. The number of amides is 1. The van der Waals surface area contributed by atoms with Gasteiger partial charge in [0.25, 0.3) is 0 Å². The van der Waals surface area contributed by atoms with Gasteiger partial charge >= 0.3 is 0 Å². The number of nitrogens with zero attached hydrogens (tertiary/aromatic N) is 1. The van der Waals surface area contributed by atoms with Crippen molar-refractivity contribution in [2.45, 2.75) is 39.2 Å². The lowest BCUT2D eigenvalue weighted by molar-refractivity contribution is -0.122. The fourth-order valence-corrected chi connectivity index (χ4v) is 2.77. The van der Waals surface area contributed by atoms with Crippen LogP contribution in [0.4, 0.5) is 0 Å². The van der Waals surface area contributed by atoms with E-state index in [1.165, 1.54) is 0 Å². The Morgan fingerprint density at radius 1 is 1.33 bits per heavy atom. The smallest absolute Gasteiger partial charge is 0.220 e. The van der Waals surface area contributed by atoms with Gasteiger partial charge in [0.15, 0.2) is 0 Å². The maximum absolute atomic E-state index is 12.0. The summed E-state index contributed by atoms with van der Waals surface area (Å²) in [5.74, 6) is 0.558. The van der Waals surface area contributed by atoms with Crippen molar-refractivity contribution in [2.24, 2.45) is 5.92 Å². The van der Waals surface area contributed by atoms with Crippen molar-refractivity contribution < 1.29 is 4.79 Å². The van der Waals surface area contributed by atoms with Gasteiger partial charge in [0.05, 0.1) is 6.04 Å². The Bertz CT molecular complexity index is 448. The molecule has 0 aliphatic rings. The minimum atomic E-state index is 0.0872. The predicted octanol–water partition coefficient (Wildman–Crippen LogP) is 3.89. The molecule has 0 bridgehead atoms. The second-order valence-electron chi connectivity index (χ2n) is 5.90. The number of hydrogen-bond donors (Lipinski definition) is 1. The van der Waals surface area contributed by atoms with Crippen LogP contribution < -0.4 is 5.32 Å². The second kappa shape index (κ2) is 9.06. The Balaban J connectivity index is 2.61.